The first-order chi connectivity index (χ1) is 7.09. The van der Waals surface area contributed by atoms with Gasteiger partial charge in [-0.15, -0.1) is 0 Å². The summed E-state index contributed by atoms with van der Waals surface area (Å²) in [6.07, 6.45) is 0. The largest absolute Gasteiger partial charge is 0.508 e. The van der Waals surface area contributed by atoms with Crippen molar-refractivity contribution in [1.82, 2.24) is 0 Å². The second-order valence-corrected chi connectivity index (χ2v) is 3.13. The van der Waals surface area contributed by atoms with E-state index in [2.05, 4.69) is 0 Å². The van der Waals surface area contributed by atoms with Crippen LogP contribution in [0.25, 0.3) is 10.8 Å². The van der Waals surface area contributed by atoms with E-state index < -0.39 is 11.8 Å². The fourth-order valence-corrected chi connectivity index (χ4v) is 1.49. The van der Waals surface area contributed by atoms with Crippen LogP contribution < -0.4 is 0 Å². The van der Waals surface area contributed by atoms with Crippen molar-refractivity contribution in [3.8, 4) is 5.75 Å². The Morgan fingerprint density at radius 1 is 1.13 bits per heavy atom. The normalized spacial score (nSPS) is 10.5. The van der Waals surface area contributed by atoms with E-state index in [4.69, 9.17) is 5.11 Å². The van der Waals surface area contributed by atoms with Gasteiger partial charge in [-0.05, 0) is 30.3 Å². The molecule has 2 N–H and O–H groups in total. The number of fused-ring (bicyclic) bond motifs is 1. The van der Waals surface area contributed by atoms with Gasteiger partial charge >= 0.3 is 5.97 Å². The Labute approximate surface area is 84.4 Å². The van der Waals surface area contributed by atoms with E-state index in [1.54, 1.807) is 0 Å². The number of aromatic carboxylic acids is 1. The third-order valence-electron chi connectivity index (χ3n) is 2.18. The van der Waals surface area contributed by atoms with Crippen LogP contribution in [-0.2, 0) is 0 Å². The van der Waals surface area contributed by atoms with Crippen molar-refractivity contribution in [2.45, 2.75) is 0 Å². The Morgan fingerprint density at radius 3 is 2.53 bits per heavy atom. The van der Waals surface area contributed by atoms with Crippen molar-refractivity contribution in [1.29, 1.82) is 0 Å². The molecule has 0 aromatic heterocycles. The maximum absolute atomic E-state index is 13.3. The lowest BCUT2D eigenvalue weighted by Gasteiger charge is -2.03. The summed E-state index contributed by atoms with van der Waals surface area (Å²) in [5.74, 6) is -1.74. The van der Waals surface area contributed by atoms with Gasteiger partial charge in [0.15, 0.2) is 0 Å². The quantitative estimate of drug-likeness (QED) is 0.753. The van der Waals surface area contributed by atoms with Crippen LogP contribution in [-0.4, -0.2) is 16.2 Å². The van der Waals surface area contributed by atoms with E-state index in [1.807, 2.05) is 0 Å². The molecule has 0 atom stereocenters. The minimum atomic E-state index is -1.15. The van der Waals surface area contributed by atoms with Crippen LogP contribution in [0.2, 0.25) is 0 Å². The number of carbonyl (C=O) groups is 1. The molecule has 0 saturated carbocycles. The standard InChI is InChI=1S/C11H7FO3/c12-10-4-3-8(11(14)15)9-5-6(13)1-2-7(9)10/h1-5,13H,(H,14,15). The van der Waals surface area contributed by atoms with E-state index in [9.17, 15) is 14.3 Å². The number of halogens is 1. The molecule has 0 spiro atoms. The summed E-state index contributed by atoms with van der Waals surface area (Å²) < 4.78 is 13.3. The molecule has 0 fully saturated rings. The highest BCUT2D eigenvalue weighted by Gasteiger charge is 2.11. The van der Waals surface area contributed by atoms with Crippen LogP contribution in [0.1, 0.15) is 10.4 Å². The lowest BCUT2D eigenvalue weighted by atomic mass is 10.0. The minimum absolute atomic E-state index is 0.0256. The zero-order valence-electron chi connectivity index (χ0n) is 7.57. The summed E-state index contributed by atoms with van der Waals surface area (Å²) in [5.41, 5.74) is -0.0256. The molecule has 2 aromatic carbocycles. The number of carboxylic acid groups (broad SMARTS) is 1. The van der Waals surface area contributed by atoms with Crippen molar-refractivity contribution in [3.63, 3.8) is 0 Å². The lowest BCUT2D eigenvalue weighted by Crippen LogP contribution is -1.98. The average Bonchev–Trinajstić information content (AvgIpc) is 2.17. The van der Waals surface area contributed by atoms with Crippen molar-refractivity contribution >= 4 is 16.7 Å². The number of aromatic hydroxyl groups is 1. The van der Waals surface area contributed by atoms with Gasteiger partial charge in [0.2, 0.25) is 0 Å². The van der Waals surface area contributed by atoms with Crippen molar-refractivity contribution in [2.24, 2.45) is 0 Å². The number of phenolic OH excluding ortho intramolecular Hbond substituents is 1. The van der Waals surface area contributed by atoms with Crippen molar-refractivity contribution in [3.05, 3.63) is 41.7 Å². The zero-order valence-corrected chi connectivity index (χ0v) is 7.57. The fraction of sp³-hybridized carbons (Fsp3) is 0. The summed E-state index contributed by atoms with van der Waals surface area (Å²) >= 11 is 0. The Hall–Kier alpha value is -2.10. The van der Waals surface area contributed by atoms with Crippen LogP contribution in [0.5, 0.6) is 5.75 Å². The van der Waals surface area contributed by atoms with Gasteiger partial charge in [-0.3, -0.25) is 0 Å². The van der Waals surface area contributed by atoms with E-state index in [0.717, 1.165) is 6.07 Å². The van der Waals surface area contributed by atoms with Crippen LogP contribution >= 0.6 is 0 Å². The molecule has 0 aliphatic rings. The van der Waals surface area contributed by atoms with Crippen molar-refractivity contribution < 1.29 is 19.4 Å². The predicted octanol–water partition coefficient (Wildman–Crippen LogP) is 2.38. The molecular formula is C11H7FO3. The number of carboxylic acids is 1. The van der Waals surface area contributed by atoms with Gasteiger partial charge in [-0.1, -0.05) is 0 Å². The summed E-state index contributed by atoms with van der Waals surface area (Å²) in [7, 11) is 0. The molecule has 0 radical (unpaired) electrons. The highest BCUT2D eigenvalue weighted by molar-refractivity contribution is 6.04. The van der Waals surface area contributed by atoms with Crippen molar-refractivity contribution in [2.75, 3.05) is 0 Å². The van der Waals surface area contributed by atoms with Gasteiger partial charge in [-0.25, -0.2) is 9.18 Å². The smallest absolute Gasteiger partial charge is 0.336 e. The molecular weight excluding hydrogens is 199 g/mol. The molecule has 0 amide bonds. The van der Waals surface area contributed by atoms with Crippen LogP contribution in [0.4, 0.5) is 4.39 Å². The minimum Gasteiger partial charge on any atom is -0.508 e. The third kappa shape index (κ3) is 1.50. The molecule has 0 unspecified atom stereocenters. The lowest BCUT2D eigenvalue weighted by molar-refractivity contribution is 0.0699. The Bertz CT molecular complexity index is 549. The van der Waals surface area contributed by atoms with Gasteiger partial charge in [0.25, 0.3) is 0 Å². The number of rotatable bonds is 1. The first kappa shape index (κ1) is 9.45. The van der Waals surface area contributed by atoms with Gasteiger partial charge < -0.3 is 10.2 Å². The average molecular weight is 206 g/mol. The van der Waals surface area contributed by atoms with Gasteiger partial charge in [0.1, 0.15) is 11.6 Å². The second-order valence-electron chi connectivity index (χ2n) is 3.13. The monoisotopic (exact) mass is 206 g/mol. The molecule has 15 heavy (non-hydrogen) atoms. The Kier molecular flexibility index (Phi) is 2.04. The maximum Gasteiger partial charge on any atom is 0.336 e. The van der Waals surface area contributed by atoms with E-state index in [0.29, 0.717) is 0 Å². The third-order valence-corrected chi connectivity index (χ3v) is 2.18. The van der Waals surface area contributed by atoms with Crippen LogP contribution in [0.3, 0.4) is 0 Å². The summed E-state index contributed by atoms with van der Waals surface area (Å²) in [4.78, 5) is 10.8. The van der Waals surface area contributed by atoms with E-state index in [-0.39, 0.29) is 22.1 Å². The molecule has 0 bridgehead atoms. The van der Waals surface area contributed by atoms with E-state index >= 15 is 0 Å². The predicted molar refractivity (Wildman–Crippen MR) is 52.5 cm³/mol. The maximum atomic E-state index is 13.3. The van der Waals surface area contributed by atoms with Gasteiger partial charge in [-0.2, -0.15) is 0 Å². The SMILES string of the molecule is O=C(O)c1ccc(F)c2ccc(O)cc12. The molecule has 2 aromatic rings. The topological polar surface area (TPSA) is 57.5 Å². The summed E-state index contributed by atoms with van der Waals surface area (Å²) in [6, 6.07) is 6.19. The summed E-state index contributed by atoms with van der Waals surface area (Å²) in [5, 5.41) is 18.5. The highest BCUT2D eigenvalue weighted by Crippen LogP contribution is 2.25. The molecule has 2 rings (SSSR count). The number of hydrogen-bond acceptors (Lipinski definition) is 2. The molecule has 0 aliphatic heterocycles. The second kappa shape index (κ2) is 3.24. The zero-order chi connectivity index (χ0) is 11.0. The number of benzene rings is 2. The highest BCUT2D eigenvalue weighted by atomic mass is 19.1. The number of hydrogen-bond donors (Lipinski definition) is 2. The summed E-state index contributed by atoms with van der Waals surface area (Å²) in [6.45, 7) is 0. The molecule has 0 aliphatic carbocycles. The van der Waals surface area contributed by atoms with E-state index in [1.165, 1.54) is 24.3 Å². The fourth-order valence-electron chi connectivity index (χ4n) is 1.49. The molecule has 0 saturated heterocycles. The molecule has 0 heterocycles. The molecule has 3 nitrogen and oxygen atoms in total. The van der Waals surface area contributed by atoms with Crippen LogP contribution in [0, 0.1) is 5.82 Å². The van der Waals surface area contributed by atoms with Crippen LogP contribution in [0.15, 0.2) is 30.3 Å². The first-order valence-electron chi connectivity index (χ1n) is 4.24. The van der Waals surface area contributed by atoms with Gasteiger partial charge in [0.05, 0.1) is 5.56 Å². The molecule has 4 heteroatoms. The van der Waals surface area contributed by atoms with Gasteiger partial charge in [0, 0.05) is 10.8 Å². The Balaban J connectivity index is 2.90. The Morgan fingerprint density at radius 2 is 1.87 bits per heavy atom. The number of phenols is 1. The first-order valence-corrected chi connectivity index (χ1v) is 4.24. The molecule has 76 valence electrons.